The lowest BCUT2D eigenvalue weighted by Gasteiger charge is -2.06. The average Bonchev–Trinajstić information content (AvgIpc) is 3.28. The van der Waals surface area contributed by atoms with E-state index in [4.69, 9.17) is 25.7 Å². The van der Waals surface area contributed by atoms with Gasteiger partial charge in [-0.15, -0.1) is 11.3 Å². The summed E-state index contributed by atoms with van der Waals surface area (Å²) in [6.07, 6.45) is 0. The van der Waals surface area contributed by atoms with Crippen molar-refractivity contribution in [3.05, 3.63) is 94.4 Å². The zero-order valence-corrected chi connectivity index (χ0v) is 18.5. The molecule has 3 aromatic carbocycles. The van der Waals surface area contributed by atoms with Gasteiger partial charge in [-0.05, 0) is 66.7 Å². The highest BCUT2D eigenvalue weighted by Crippen LogP contribution is 2.29. The molecule has 158 valence electrons. The molecule has 0 amide bonds. The lowest BCUT2D eigenvalue weighted by Crippen LogP contribution is -2.03. The second kappa shape index (κ2) is 8.57. The van der Waals surface area contributed by atoms with Crippen LogP contribution in [0.3, 0.4) is 0 Å². The van der Waals surface area contributed by atoms with Crippen molar-refractivity contribution < 1.29 is 13.5 Å². The van der Waals surface area contributed by atoms with E-state index in [2.05, 4.69) is 4.98 Å². The number of halogens is 2. The molecule has 7 heteroatoms. The Balaban J connectivity index is 1.64. The van der Waals surface area contributed by atoms with Gasteiger partial charge in [0.1, 0.15) is 22.9 Å². The van der Waals surface area contributed by atoms with Crippen molar-refractivity contribution in [1.29, 1.82) is 0 Å². The van der Waals surface area contributed by atoms with Crippen LogP contribution in [0.4, 0.5) is 9.52 Å². The van der Waals surface area contributed by atoms with E-state index in [0.29, 0.717) is 26.9 Å². The molecular weight excluding hydrogens is 447 g/mol. The van der Waals surface area contributed by atoms with Crippen molar-refractivity contribution in [3.63, 3.8) is 0 Å². The smallest absolute Gasteiger partial charge is 0.210 e. The van der Waals surface area contributed by atoms with Crippen LogP contribution in [0, 0.1) is 5.82 Å². The summed E-state index contributed by atoms with van der Waals surface area (Å²) in [6.45, 7) is 0. The van der Waals surface area contributed by atoms with Crippen LogP contribution in [-0.4, -0.2) is 12.1 Å². The fourth-order valence-corrected chi connectivity index (χ4v) is 4.18. The molecule has 0 saturated carbocycles. The molecule has 0 aliphatic heterocycles. The minimum absolute atomic E-state index is 0.281. The maximum absolute atomic E-state index is 13.2. The summed E-state index contributed by atoms with van der Waals surface area (Å²) >= 11 is 7.65. The molecule has 0 aliphatic carbocycles. The number of nitrogens with zero attached hydrogens (tertiary/aromatic N) is 2. The molecule has 0 unspecified atom stereocenters. The SMILES string of the molecule is COc1ccc(-c2cc(=Nc3nc(-c4ccc(F)cc4)cs3)c3cc(Cl)ccc3o2)cc1. The van der Waals surface area contributed by atoms with Crippen molar-refractivity contribution >= 4 is 39.0 Å². The minimum atomic E-state index is -0.281. The number of hydrogen-bond donors (Lipinski definition) is 0. The molecule has 0 spiro atoms. The molecule has 0 aliphatic rings. The van der Waals surface area contributed by atoms with Gasteiger partial charge in [0.15, 0.2) is 0 Å². The number of methoxy groups -OCH3 is 1. The lowest BCUT2D eigenvalue weighted by molar-refractivity contribution is 0.415. The van der Waals surface area contributed by atoms with E-state index in [1.807, 2.05) is 47.8 Å². The monoisotopic (exact) mass is 462 g/mol. The van der Waals surface area contributed by atoms with Gasteiger partial charge in [0.25, 0.3) is 0 Å². The van der Waals surface area contributed by atoms with Gasteiger partial charge in [0, 0.05) is 33.0 Å². The van der Waals surface area contributed by atoms with Crippen LogP contribution in [0.15, 0.2) is 87.6 Å². The molecule has 2 heterocycles. The highest BCUT2D eigenvalue weighted by molar-refractivity contribution is 7.13. The zero-order valence-electron chi connectivity index (χ0n) is 16.9. The predicted molar refractivity (Wildman–Crippen MR) is 126 cm³/mol. The summed E-state index contributed by atoms with van der Waals surface area (Å²) in [5.41, 5.74) is 3.13. The predicted octanol–water partition coefficient (Wildman–Crippen LogP) is 7.26. The summed E-state index contributed by atoms with van der Waals surface area (Å²) in [4.78, 5) is 9.39. The van der Waals surface area contributed by atoms with Gasteiger partial charge < -0.3 is 9.15 Å². The summed E-state index contributed by atoms with van der Waals surface area (Å²) < 4.78 is 24.6. The molecule has 0 fully saturated rings. The van der Waals surface area contributed by atoms with Crippen LogP contribution >= 0.6 is 22.9 Å². The molecule has 32 heavy (non-hydrogen) atoms. The first-order valence-electron chi connectivity index (χ1n) is 9.73. The molecule has 0 atom stereocenters. The quantitative estimate of drug-likeness (QED) is 0.282. The van der Waals surface area contributed by atoms with Gasteiger partial charge in [0.2, 0.25) is 5.13 Å². The number of ether oxygens (including phenoxy) is 1. The number of fused-ring (bicyclic) bond motifs is 1. The standard InChI is InChI=1S/C25H16ClFN2O2S/c1-30-19-9-4-16(5-10-19)24-13-21(20-12-17(26)6-11-23(20)31-24)28-25-29-22(14-32-25)15-2-7-18(27)8-3-15/h2-14H,1H3. The van der Waals surface area contributed by atoms with E-state index in [-0.39, 0.29) is 5.82 Å². The van der Waals surface area contributed by atoms with E-state index < -0.39 is 0 Å². The Labute approximate surface area is 192 Å². The number of hydrogen-bond acceptors (Lipinski definition) is 5. The first kappa shape index (κ1) is 20.4. The second-order valence-electron chi connectivity index (χ2n) is 7.00. The topological polar surface area (TPSA) is 47.6 Å². The Kier molecular flexibility index (Phi) is 5.47. The van der Waals surface area contributed by atoms with Gasteiger partial charge >= 0.3 is 0 Å². The third-order valence-electron chi connectivity index (χ3n) is 4.93. The average molecular weight is 463 g/mol. The van der Waals surface area contributed by atoms with Crippen LogP contribution in [0.1, 0.15) is 0 Å². The van der Waals surface area contributed by atoms with Crippen molar-refractivity contribution in [2.45, 2.75) is 0 Å². The normalized spacial score (nSPS) is 11.8. The van der Waals surface area contributed by atoms with Gasteiger partial charge in [-0.3, -0.25) is 0 Å². The van der Waals surface area contributed by atoms with E-state index in [9.17, 15) is 4.39 Å². The molecule has 5 rings (SSSR count). The van der Waals surface area contributed by atoms with Crippen molar-refractivity contribution in [1.82, 2.24) is 4.98 Å². The van der Waals surface area contributed by atoms with E-state index in [1.54, 1.807) is 25.3 Å². The number of rotatable bonds is 4. The third kappa shape index (κ3) is 4.15. The van der Waals surface area contributed by atoms with Gasteiger partial charge in [-0.2, -0.15) is 0 Å². The Morgan fingerprint density at radius 1 is 0.969 bits per heavy atom. The molecule has 0 N–H and O–H groups in total. The van der Waals surface area contributed by atoms with Gasteiger partial charge in [0.05, 0.1) is 18.2 Å². The summed E-state index contributed by atoms with van der Waals surface area (Å²) in [7, 11) is 1.63. The fraction of sp³-hybridized carbons (Fsp3) is 0.0400. The van der Waals surface area contributed by atoms with E-state index in [1.165, 1.54) is 23.5 Å². The third-order valence-corrected chi connectivity index (χ3v) is 5.90. The maximum Gasteiger partial charge on any atom is 0.210 e. The largest absolute Gasteiger partial charge is 0.497 e. The van der Waals surface area contributed by atoms with Crippen molar-refractivity contribution in [2.75, 3.05) is 7.11 Å². The Hall–Kier alpha value is -3.48. The number of thiazole rings is 1. The first-order chi connectivity index (χ1) is 15.6. The van der Waals surface area contributed by atoms with Gasteiger partial charge in [-0.1, -0.05) is 11.6 Å². The van der Waals surface area contributed by atoms with E-state index >= 15 is 0 Å². The molecule has 0 bridgehead atoms. The van der Waals surface area contributed by atoms with Crippen LogP contribution < -0.4 is 10.1 Å². The maximum atomic E-state index is 13.2. The van der Waals surface area contributed by atoms with Gasteiger partial charge in [-0.25, -0.2) is 14.4 Å². The molecule has 4 nitrogen and oxygen atoms in total. The second-order valence-corrected chi connectivity index (χ2v) is 8.27. The highest BCUT2D eigenvalue weighted by atomic mass is 35.5. The number of benzene rings is 3. The molecular formula is C25H16ClFN2O2S. The zero-order chi connectivity index (χ0) is 22.1. The summed E-state index contributed by atoms with van der Waals surface area (Å²) in [5.74, 6) is 1.15. The van der Waals surface area contributed by atoms with Crippen molar-refractivity contribution in [3.8, 4) is 28.3 Å². The van der Waals surface area contributed by atoms with Crippen molar-refractivity contribution in [2.24, 2.45) is 4.99 Å². The Morgan fingerprint density at radius 3 is 2.47 bits per heavy atom. The van der Waals surface area contributed by atoms with E-state index in [0.717, 1.165) is 28.0 Å². The minimum Gasteiger partial charge on any atom is -0.497 e. The molecule has 2 aromatic heterocycles. The lowest BCUT2D eigenvalue weighted by atomic mass is 10.1. The molecule has 0 saturated heterocycles. The summed E-state index contributed by atoms with van der Waals surface area (Å²) in [5, 5.41) is 4.55. The Morgan fingerprint density at radius 2 is 1.72 bits per heavy atom. The number of aromatic nitrogens is 1. The van der Waals surface area contributed by atoms with Crippen LogP contribution in [0.5, 0.6) is 5.75 Å². The van der Waals surface area contributed by atoms with Crippen LogP contribution in [0.25, 0.3) is 33.6 Å². The summed E-state index contributed by atoms with van der Waals surface area (Å²) in [6, 6.07) is 21.2. The van der Waals surface area contributed by atoms with Crippen LogP contribution in [0.2, 0.25) is 5.02 Å². The van der Waals surface area contributed by atoms with Crippen LogP contribution in [-0.2, 0) is 0 Å². The highest BCUT2D eigenvalue weighted by Gasteiger charge is 2.09. The Bertz CT molecular complexity index is 1480. The molecule has 5 aromatic rings. The molecule has 0 radical (unpaired) electrons. The first-order valence-corrected chi connectivity index (χ1v) is 11.0. The fourth-order valence-electron chi connectivity index (χ4n) is 3.30.